The minimum atomic E-state index is 0.00360. The van der Waals surface area contributed by atoms with E-state index in [0.717, 1.165) is 24.3 Å². The van der Waals surface area contributed by atoms with Gasteiger partial charge in [-0.05, 0) is 55.4 Å². The van der Waals surface area contributed by atoms with Crippen LogP contribution in [0, 0.1) is 5.92 Å². The summed E-state index contributed by atoms with van der Waals surface area (Å²) in [7, 11) is 0. The second kappa shape index (κ2) is 8.23. The minimum absolute atomic E-state index is 0.00360. The van der Waals surface area contributed by atoms with E-state index < -0.39 is 0 Å². The van der Waals surface area contributed by atoms with E-state index in [1.54, 1.807) is 6.08 Å². The first-order valence-corrected chi connectivity index (χ1v) is 8.29. The molecule has 2 rings (SSSR count). The van der Waals surface area contributed by atoms with Crippen LogP contribution in [0.4, 0.5) is 0 Å². The summed E-state index contributed by atoms with van der Waals surface area (Å²) in [5.41, 5.74) is 0.987. The Bertz CT molecular complexity index is 472. The molecule has 1 aliphatic rings. The number of rotatable bonds is 5. The molecule has 0 aromatic heterocycles. The Balaban J connectivity index is 1.76. The average molecular weight is 306 g/mol. The molecule has 0 aliphatic heterocycles. The van der Waals surface area contributed by atoms with Crippen molar-refractivity contribution >= 4 is 23.6 Å². The Hall–Kier alpha value is -1.28. The number of hydrogen-bond acceptors (Lipinski definition) is 1. The summed E-state index contributed by atoms with van der Waals surface area (Å²) < 4.78 is 0. The van der Waals surface area contributed by atoms with Crippen LogP contribution in [0.1, 0.15) is 51.0 Å². The fraction of sp³-hybridized carbons (Fsp3) is 0.500. The van der Waals surface area contributed by atoms with E-state index in [-0.39, 0.29) is 5.91 Å². The van der Waals surface area contributed by atoms with Gasteiger partial charge in [-0.15, -0.1) is 0 Å². The van der Waals surface area contributed by atoms with Crippen LogP contribution in [-0.2, 0) is 4.79 Å². The normalized spacial score (nSPS) is 22.4. The van der Waals surface area contributed by atoms with Gasteiger partial charge in [0.2, 0.25) is 5.91 Å². The summed E-state index contributed by atoms with van der Waals surface area (Å²) in [6, 6.07) is 7.81. The maximum atomic E-state index is 11.9. The molecule has 1 aromatic carbocycles. The molecule has 3 heteroatoms. The predicted molar refractivity (Wildman–Crippen MR) is 89.3 cm³/mol. The smallest absolute Gasteiger partial charge is 0.244 e. The molecular weight excluding hydrogens is 282 g/mol. The van der Waals surface area contributed by atoms with Gasteiger partial charge in [-0.2, -0.15) is 0 Å². The molecule has 1 fully saturated rings. The molecule has 0 unspecified atom stereocenters. The van der Waals surface area contributed by atoms with Crippen LogP contribution in [0.15, 0.2) is 30.3 Å². The SMILES string of the molecule is CCCC1CCC(NC(=O)/C=C/c2ccc(Cl)cc2)CC1. The van der Waals surface area contributed by atoms with Crippen molar-refractivity contribution in [2.45, 2.75) is 51.5 Å². The molecule has 0 heterocycles. The zero-order valence-electron chi connectivity index (χ0n) is 12.6. The Labute approximate surface area is 132 Å². The van der Waals surface area contributed by atoms with Crippen LogP contribution in [0.25, 0.3) is 6.08 Å². The van der Waals surface area contributed by atoms with Crippen molar-refractivity contribution in [3.05, 3.63) is 40.9 Å². The third kappa shape index (κ3) is 5.55. The van der Waals surface area contributed by atoms with Crippen LogP contribution in [-0.4, -0.2) is 11.9 Å². The highest BCUT2D eigenvalue weighted by Crippen LogP contribution is 2.27. The summed E-state index contributed by atoms with van der Waals surface area (Å²) in [6.07, 6.45) is 10.8. The molecule has 21 heavy (non-hydrogen) atoms. The van der Waals surface area contributed by atoms with Gasteiger partial charge in [-0.1, -0.05) is 43.5 Å². The zero-order chi connectivity index (χ0) is 15.1. The summed E-state index contributed by atoms with van der Waals surface area (Å²) in [5, 5.41) is 3.82. The molecule has 0 spiro atoms. The Morgan fingerprint density at radius 2 is 1.90 bits per heavy atom. The van der Waals surface area contributed by atoms with Gasteiger partial charge in [-0.25, -0.2) is 0 Å². The highest BCUT2D eigenvalue weighted by molar-refractivity contribution is 6.30. The molecule has 2 nitrogen and oxygen atoms in total. The van der Waals surface area contributed by atoms with Crippen molar-refractivity contribution < 1.29 is 4.79 Å². The number of carbonyl (C=O) groups excluding carboxylic acids is 1. The molecule has 0 bridgehead atoms. The average Bonchev–Trinajstić information content (AvgIpc) is 2.49. The Morgan fingerprint density at radius 1 is 1.24 bits per heavy atom. The van der Waals surface area contributed by atoms with Crippen molar-refractivity contribution in [2.75, 3.05) is 0 Å². The summed E-state index contributed by atoms with van der Waals surface area (Å²) in [5.74, 6) is 0.872. The molecule has 114 valence electrons. The minimum Gasteiger partial charge on any atom is -0.350 e. The maximum absolute atomic E-state index is 11.9. The number of benzene rings is 1. The summed E-state index contributed by atoms with van der Waals surface area (Å²) in [4.78, 5) is 11.9. The predicted octanol–water partition coefficient (Wildman–Crippen LogP) is 4.83. The summed E-state index contributed by atoms with van der Waals surface area (Å²) >= 11 is 5.83. The van der Waals surface area contributed by atoms with Crippen molar-refractivity contribution in [3.63, 3.8) is 0 Å². The van der Waals surface area contributed by atoms with E-state index >= 15 is 0 Å². The van der Waals surface area contributed by atoms with Crippen LogP contribution in [0.2, 0.25) is 5.02 Å². The number of nitrogens with one attached hydrogen (secondary N) is 1. The molecule has 1 N–H and O–H groups in total. The number of carbonyl (C=O) groups is 1. The van der Waals surface area contributed by atoms with E-state index in [4.69, 9.17) is 11.6 Å². The first-order valence-electron chi connectivity index (χ1n) is 7.91. The molecule has 0 saturated heterocycles. The second-order valence-corrected chi connectivity index (χ2v) is 6.34. The molecule has 1 saturated carbocycles. The Kier molecular flexibility index (Phi) is 6.31. The molecule has 1 aromatic rings. The third-order valence-corrected chi connectivity index (χ3v) is 4.44. The topological polar surface area (TPSA) is 29.1 Å². The van der Waals surface area contributed by atoms with Crippen molar-refractivity contribution in [3.8, 4) is 0 Å². The van der Waals surface area contributed by atoms with Crippen LogP contribution < -0.4 is 5.32 Å². The fourth-order valence-electron chi connectivity index (χ4n) is 3.00. The van der Waals surface area contributed by atoms with Gasteiger partial charge in [0.25, 0.3) is 0 Å². The van der Waals surface area contributed by atoms with Crippen LogP contribution >= 0.6 is 11.6 Å². The van der Waals surface area contributed by atoms with E-state index in [1.807, 2.05) is 30.3 Å². The van der Waals surface area contributed by atoms with Gasteiger partial charge in [0.15, 0.2) is 0 Å². The quantitative estimate of drug-likeness (QED) is 0.776. The first-order chi connectivity index (χ1) is 10.2. The molecule has 0 radical (unpaired) electrons. The van der Waals surface area contributed by atoms with Crippen molar-refractivity contribution in [2.24, 2.45) is 5.92 Å². The van der Waals surface area contributed by atoms with Crippen molar-refractivity contribution in [1.82, 2.24) is 5.32 Å². The van der Waals surface area contributed by atoms with Gasteiger partial charge in [-0.3, -0.25) is 4.79 Å². The lowest BCUT2D eigenvalue weighted by Crippen LogP contribution is -2.36. The third-order valence-electron chi connectivity index (χ3n) is 4.19. The lowest BCUT2D eigenvalue weighted by Gasteiger charge is -2.28. The fourth-order valence-corrected chi connectivity index (χ4v) is 3.12. The van der Waals surface area contributed by atoms with Gasteiger partial charge in [0, 0.05) is 17.1 Å². The number of halogens is 1. The first kappa shape index (κ1) is 16.1. The number of hydrogen-bond donors (Lipinski definition) is 1. The van der Waals surface area contributed by atoms with Gasteiger partial charge in [0.1, 0.15) is 0 Å². The van der Waals surface area contributed by atoms with Gasteiger partial charge in [0.05, 0.1) is 0 Å². The molecule has 0 atom stereocenters. The largest absolute Gasteiger partial charge is 0.350 e. The highest BCUT2D eigenvalue weighted by atomic mass is 35.5. The van der Waals surface area contributed by atoms with E-state index in [9.17, 15) is 4.79 Å². The second-order valence-electron chi connectivity index (χ2n) is 5.90. The van der Waals surface area contributed by atoms with E-state index in [2.05, 4.69) is 12.2 Å². The summed E-state index contributed by atoms with van der Waals surface area (Å²) in [6.45, 7) is 2.25. The Morgan fingerprint density at radius 3 is 2.52 bits per heavy atom. The molecule has 1 amide bonds. The van der Waals surface area contributed by atoms with Crippen LogP contribution in [0.3, 0.4) is 0 Å². The standard InChI is InChI=1S/C18H24ClNO/c1-2-3-14-6-11-17(12-7-14)20-18(21)13-8-15-4-9-16(19)10-5-15/h4-5,8-10,13-14,17H,2-3,6-7,11-12H2,1H3,(H,20,21)/b13-8+. The van der Waals surface area contributed by atoms with Crippen LogP contribution in [0.5, 0.6) is 0 Å². The maximum Gasteiger partial charge on any atom is 0.244 e. The lowest BCUT2D eigenvalue weighted by molar-refractivity contribution is -0.117. The lowest BCUT2D eigenvalue weighted by atomic mass is 9.83. The van der Waals surface area contributed by atoms with Gasteiger partial charge >= 0.3 is 0 Å². The molecule has 1 aliphatic carbocycles. The number of amides is 1. The van der Waals surface area contributed by atoms with Gasteiger partial charge < -0.3 is 5.32 Å². The van der Waals surface area contributed by atoms with E-state index in [0.29, 0.717) is 11.1 Å². The zero-order valence-corrected chi connectivity index (χ0v) is 13.4. The monoisotopic (exact) mass is 305 g/mol. The highest BCUT2D eigenvalue weighted by Gasteiger charge is 2.21. The van der Waals surface area contributed by atoms with E-state index in [1.165, 1.54) is 25.7 Å². The van der Waals surface area contributed by atoms with Crippen molar-refractivity contribution in [1.29, 1.82) is 0 Å². The molecular formula is C18H24ClNO.